The number of aromatic nitrogens is 2. The molecule has 30 heavy (non-hydrogen) atoms. The molecule has 0 aliphatic heterocycles. The smallest absolute Gasteiger partial charge is 0.332 e. The molecule has 0 aliphatic carbocycles. The quantitative estimate of drug-likeness (QED) is 0.565. The minimum Gasteiger partial charge on any atom is -0.384 e. The minimum absolute atomic E-state index is 0.0172. The molecular formula is C21H29N5O4. The molecule has 3 N–H and O–H groups in total. The van der Waals surface area contributed by atoms with Crippen LogP contribution in [-0.2, 0) is 18.4 Å². The van der Waals surface area contributed by atoms with Crippen molar-refractivity contribution in [3.05, 3.63) is 62.3 Å². The lowest BCUT2D eigenvalue weighted by atomic mass is 10.1. The fourth-order valence-corrected chi connectivity index (χ4v) is 3.10. The average molecular weight is 415 g/mol. The molecular weight excluding hydrogens is 386 g/mol. The van der Waals surface area contributed by atoms with Gasteiger partial charge in [0, 0.05) is 13.1 Å². The number of anilines is 1. The summed E-state index contributed by atoms with van der Waals surface area (Å²) >= 11 is 0. The molecule has 2 aromatic rings. The predicted octanol–water partition coefficient (Wildman–Crippen LogP) is 0.207. The normalized spacial score (nSPS) is 11.1. The van der Waals surface area contributed by atoms with E-state index in [9.17, 15) is 19.2 Å². The maximum Gasteiger partial charge on any atom is 0.332 e. The van der Waals surface area contributed by atoms with Crippen LogP contribution in [0.5, 0.6) is 0 Å². The van der Waals surface area contributed by atoms with Gasteiger partial charge in [0.1, 0.15) is 11.4 Å². The second-order valence-electron chi connectivity index (χ2n) is 7.43. The van der Waals surface area contributed by atoms with Crippen LogP contribution in [0.3, 0.4) is 0 Å². The number of carbonyl (C=O) groups is 2. The first-order valence-electron chi connectivity index (χ1n) is 9.83. The number of nitrogen functional groups attached to an aromatic ring is 1. The topological polar surface area (TPSA) is 119 Å². The van der Waals surface area contributed by atoms with E-state index in [1.54, 1.807) is 4.90 Å². The van der Waals surface area contributed by atoms with Gasteiger partial charge in [-0.05, 0) is 26.0 Å². The monoisotopic (exact) mass is 415 g/mol. The first-order chi connectivity index (χ1) is 14.1. The summed E-state index contributed by atoms with van der Waals surface area (Å²) in [6, 6.07) is 9.13. The molecule has 0 saturated heterocycles. The minimum atomic E-state index is -0.741. The van der Waals surface area contributed by atoms with Crippen LogP contribution in [0.2, 0.25) is 0 Å². The van der Waals surface area contributed by atoms with Gasteiger partial charge in [-0.2, -0.15) is 0 Å². The van der Waals surface area contributed by atoms with Crippen LogP contribution in [0.4, 0.5) is 5.82 Å². The molecule has 0 radical (unpaired) electrons. The first-order valence-corrected chi connectivity index (χ1v) is 9.83. The lowest BCUT2D eigenvalue weighted by Crippen LogP contribution is -2.45. The number of rotatable bonds is 9. The molecule has 162 valence electrons. The maximum absolute atomic E-state index is 12.9. The van der Waals surface area contributed by atoms with E-state index >= 15 is 0 Å². The van der Waals surface area contributed by atoms with Crippen molar-refractivity contribution >= 4 is 17.5 Å². The molecule has 0 bridgehead atoms. The summed E-state index contributed by atoms with van der Waals surface area (Å²) < 4.78 is 2.10. The van der Waals surface area contributed by atoms with Gasteiger partial charge in [0.05, 0.1) is 19.6 Å². The van der Waals surface area contributed by atoms with Crippen molar-refractivity contribution in [3.63, 3.8) is 0 Å². The Balaban J connectivity index is 2.35. The van der Waals surface area contributed by atoms with Crippen molar-refractivity contribution in [2.24, 2.45) is 7.05 Å². The fraction of sp³-hybridized carbons (Fsp3) is 0.429. The highest BCUT2D eigenvalue weighted by atomic mass is 16.2. The molecule has 0 aliphatic rings. The number of benzene rings is 1. The van der Waals surface area contributed by atoms with Gasteiger partial charge in [-0.1, -0.05) is 37.3 Å². The summed E-state index contributed by atoms with van der Waals surface area (Å²) in [5.74, 6) is -0.914. The third-order valence-electron chi connectivity index (χ3n) is 4.68. The highest BCUT2D eigenvalue weighted by Crippen LogP contribution is 2.10. The van der Waals surface area contributed by atoms with E-state index in [0.29, 0.717) is 6.54 Å². The average Bonchev–Trinajstić information content (AvgIpc) is 2.69. The summed E-state index contributed by atoms with van der Waals surface area (Å²) in [7, 11) is 1.32. The van der Waals surface area contributed by atoms with Crippen LogP contribution < -0.4 is 22.3 Å². The number of Topliss-reactive ketones (excluding diaryl/α,β-unsaturated/α-hetero) is 1. The third-order valence-corrected chi connectivity index (χ3v) is 4.68. The van der Waals surface area contributed by atoms with E-state index in [2.05, 4.69) is 5.32 Å². The molecule has 1 aromatic carbocycles. The van der Waals surface area contributed by atoms with Crippen LogP contribution in [0, 0.1) is 0 Å². The van der Waals surface area contributed by atoms with Gasteiger partial charge in [-0.25, -0.2) is 4.79 Å². The van der Waals surface area contributed by atoms with E-state index in [1.807, 2.05) is 51.1 Å². The van der Waals surface area contributed by atoms with Gasteiger partial charge in [0.2, 0.25) is 5.91 Å². The number of nitrogens with zero attached hydrogens (tertiary/aromatic N) is 3. The number of nitrogens with one attached hydrogen (secondary N) is 1. The Morgan fingerprint density at radius 2 is 1.77 bits per heavy atom. The zero-order valence-corrected chi connectivity index (χ0v) is 17.8. The maximum atomic E-state index is 12.9. The second kappa shape index (κ2) is 10.0. The van der Waals surface area contributed by atoms with Crippen molar-refractivity contribution in [3.8, 4) is 0 Å². The molecule has 9 nitrogen and oxygen atoms in total. The number of amides is 1. The Morgan fingerprint density at radius 1 is 1.13 bits per heavy atom. The third kappa shape index (κ3) is 5.44. The number of ketones is 1. The van der Waals surface area contributed by atoms with Crippen LogP contribution in [-0.4, -0.2) is 51.4 Å². The summed E-state index contributed by atoms with van der Waals surface area (Å²) in [4.78, 5) is 51.8. The number of nitrogens with two attached hydrogens (primary N) is 1. The Morgan fingerprint density at radius 3 is 2.33 bits per heavy atom. The van der Waals surface area contributed by atoms with E-state index in [1.165, 1.54) is 11.6 Å². The highest BCUT2D eigenvalue weighted by molar-refractivity contribution is 6.01. The van der Waals surface area contributed by atoms with Gasteiger partial charge >= 0.3 is 5.69 Å². The van der Waals surface area contributed by atoms with E-state index < -0.39 is 17.0 Å². The highest BCUT2D eigenvalue weighted by Gasteiger charge is 2.24. The molecule has 9 heteroatoms. The van der Waals surface area contributed by atoms with E-state index in [0.717, 1.165) is 10.1 Å². The summed E-state index contributed by atoms with van der Waals surface area (Å²) in [6.07, 6.45) is 0. The zero-order valence-electron chi connectivity index (χ0n) is 17.8. The van der Waals surface area contributed by atoms with Crippen molar-refractivity contribution in [1.29, 1.82) is 0 Å². The Labute approximate surface area is 175 Å². The predicted molar refractivity (Wildman–Crippen MR) is 116 cm³/mol. The molecule has 0 unspecified atom stereocenters. The molecule has 0 fully saturated rings. The number of hydrogen-bond acceptors (Lipinski definition) is 6. The van der Waals surface area contributed by atoms with Crippen molar-refractivity contribution < 1.29 is 9.59 Å². The molecule has 1 aromatic heterocycles. The Kier molecular flexibility index (Phi) is 7.71. The molecule has 1 amide bonds. The molecule has 0 saturated carbocycles. The van der Waals surface area contributed by atoms with Crippen molar-refractivity contribution in [2.75, 3.05) is 25.4 Å². The largest absolute Gasteiger partial charge is 0.384 e. The fourth-order valence-electron chi connectivity index (χ4n) is 3.10. The Bertz CT molecular complexity index is 1020. The standard InChI is InChI=1S/C21H29N5O4/c1-5-25(13-17(28)23-14(2)3)12-16(27)18-19(22)26(21(30)24(4)20(18)29)11-15-9-7-6-8-10-15/h6-10,14H,5,11-13,22H2,1-4H3,(H,23,28). The first kappa shape index (κ1) is 23.1. The summed E-state index contributed by atoms with van der Waals surface area (Å²) in [6.45, 7) is 5.93. The van der Waals surface area contributed by atoms with E-state index in [-0.39, 0.29) is 43.0 Å². The second-order valence-corrected chi connectivity index (χ2v) is 7.43. The zero-order chi connectivity index (χ0) is 22.4. The van der Waals surface area contributed by atoms with Gasteiger partial charge < -0.3 is 11.1 Å². The van der Waals surface area contributed by atoms with Gasteiger partial charge in [-0.3, -0.25) is 28.4 Å². The summed E-state index contributed by atoms with van der Waals surface area (Å²) in [5, 5.41) is 2.77. The molecule has 0 spiro atoms. The lowest BCUT2D eigenvalue weighted by molar-refractivity contribution is -0.122. The van der Waals surface area contributed by atoms with Crippen LogP contribution in [0.15, 0.2) is 39.9 Å². The summed E-state index contributed by atoms with van der Waals surface area (Å²) in [5.41, 5.74) is 5.35. The van der Waals surface area contributed by atoms with Crippen LogP contribution >= 0.6 is 0 Å². The van der Waals surface area contributed by atoms with E-state index in [4.69, 9.17) is 5.73 Å². The molecule has 1 heterocycles. The van der Waals surface area contributed by atoms with Crippen LogP contribution in [0.1, 0.15) is 36.7 Å². The number of carbonyl (C=O) groups excluding carboxylic acids is 2. The number of hydrogen-bond donors (Lipinski definition) is 2. The van der Waals surface area contributed by atoms with Gasteiger partial charge in [0.15, 0.2) is 5.78 Å². The van der Waals surface area contributed by atoms with Crippen molar-refractivity contribution in [2.45, 2.75) is 33.4 Å². The van der Waals surface area contributed by atoms with Crippen LogP contribution in [0.25, 0.3) is 0 Å². The van der Waals surface area contributed by atoms with Crippen molar-refractivity contribution in [1.82, 2.24) is 19.4 Å². The Hall–Kier alpha value is -3.20. The van der Waals surface area contributed by atoms with Gasteiger partial charge in [0.25, 0.3) is 5.56 Å². The SMILES string of the molecule is CCN(CC(=O)NC(C)C)CC(=O)c1c(N)n(Cc2ccccc2)c(=O)n(C)c1=O. The number of likely N-dealkylation sites (N-methyl/N-ethyl adjacent to an activating group) is 1. The molecule has 2 rings (SSSR count). The lowest BCUT2D eigenvalue weighted by Gasteiger charge is -2.21. The molecule has 0 atom stereocenters. The van der Waals surface area contributed by atoms with Gasteiger partial charge in [-0.15, -0.1) is 0 Å².